The topological polar surface area (TPSA) is 88.6 Å². The van der Waals surface area contributed by atoms with Gasteiger partial charge in [-0.2, -0.15) is 0 Å². The zero-order chi connectivity index (χ0) is 21.9. The fourth-order valence-corrected chi connectivity index (χ4v) is 5.30. The van der Waals surface area contributed by atoms with Crippen molar-refractivity contribution in [2.24, 2.45) is 0 Å². The predicted molar refractivity (Wildman–Crippen MR) is 119 cm³/mol. The van der Waals surface area contributed by atoms with E-state index in [0.29, 0.717) is 11.8 Å². The van der Waals surface area contributed by atoms with Gasteiger partial charge in [-0.3, -0.25) is 0 Å². The third kappa shape index (κ3) is 2.82. The number of carbonyl (C=O) groups is 1. The summed E-state index contributed by atoms with van der Waals surface area (Å²) in [6, 6.07) is 10.0. The number of piperidine rings is 1. The lowest BCUT2D eigenvalue weighted by molar-refractivity contribution is -0.0912. The summed E-state index contributed by atoms with van der Waals surface area (Å²) in [6.45, 7) is 3.85. The predicted octanol–water partition coefficient (Wildman–Crippen LogP) is 4.69. The molecule has 2 atom stereocenters. The fourth-order valence-electron chi connectivity index (χ4n) is 5.30. The lowest BCUT2D eigenvalue weighted by atomic mass is 9.68. The molecule has 2 bridgehead atoms. The molecule has 6 rings (SSSR count). The van der Waals surface area contributed by atoms with Crippen LogP contribution < -0.4 is 5.32 Å². The fraction of sp³-hybridized carbons (Fsp3) is 0.333. The Labute approximate surface area is 185 Å². The van der Waals surface area contributed by atoms with E-state index in [9.17, 15) is 4.79 Å². The number of fused-ring (bicyclic) bond motifs is 3. The van der Waals surface area contributed by atoms with Crippen molar-refractivity contribution >= 4 is 17.4 Å². The van der Waals surface area contributed by atoms with Gasteiger partial charge >= 0.3 is 6.03 Å². The van der Waals surface area contributed by atoms with E-state index in [1.165, 1.54) is 0 Å². The Hall–Kier alpha value is -3.68. The smallest absolute Gasteiger partial charge is 0.322 e. The first kappa shape index (κ1) is 19.0. The van der Waals surface area contributed by atoms with Gasteiger partial charge in [0.2, 0.25) is 11.8 Å². The van der Waals surface area contributed by atoms with Gasteiger partial charge in [0.15, 0.2) is 0 Å². The molecule has 2 fully saturated rings. The molecule has 0 unspecified atom stereocenters. The summed E-state index contributed by atoms with van der Waals surface area (Å²) in [7, 11) is 0. The van der Waals surface area contributed by atoms with Gasteiger partial charge in [-0.15, -0.1) is 10.2 Å². The molecule has 2 amide bonds. The van der Waals surface area contributed by atoms with Gasteiger partial charge in [-0.25, -0.2) is 9.78 Å². The number of nitrogens with zero attached hydrogens (tertiary/aromatic N) is 5. The highest BCUT2D eigenvalue weighted by molar-refractivity contribution is 5.92. The molecule has 1 aromatic carbocycles. The Morgan fingerprint density at radius 2 is 2.16 bits per heavy atom. The second kappa shape index (κ2) is 6.91. The number of aryl methyl sites for hydroxylation is 2. The average Bonchev–Trinajstić information content (AvgIpc) is 3.43. The van der Waals surface area contributed by atoms with Crippen LogP contribution in [-0.2, 0) is 5.54 Å². The number of nitrogens with one attached hydrogen (secondary N) is 1. The van der Waals surface area contributed by atoms with Gasteiger partial charge < -0.3 is 19.0 Å². The summed E-state index contributed by atoms with van der Waals surface area (Å²) in [4.78, 5) is 19.8. The summed E-state index contributed by atoms with van der Waals surface area (Å²) >= 11 is 0. The van der Waals surface area contributed by atoms with Gasteiger partial charge in [-0.05, 0) is 61.6 Å². The molecule has 1 saturated heterocycles. The first-order chi connectivity index (χ1) is 15.5. The number of carbonyl (C=O) groups excluding carboxylic acids is 1. The average molecular weight is 428 g/mol. The Morgan fingerprint density at radius 1 is 1.25 bits per heavy atom. The van der Waals surface area contributed by atoms with Crippen molar-refractivity contribution in [2.45, 2.75) is 51.1 Å². The molecule has 2 aliphatic rings. The van der Waals surface area contributed by atoms with Crippen LogP contribution in [0.5, 0.6) is 0 Å². The Bertz CT molecular complexity index is 1340. The number of amides is 2. The molecule has 1 aliphatic carbocycles. The van der Waals surface area contributed by atoms with Crippen molar-refractivity contribution in [2.75, 3.05) is 5.32 Å². The highest BCUT2D eigenvalue weighted by Gasteiger charge is 2.60. The molecule has 8 nitrogen and oxygen atoms in total. The van der Waals surface area contributed by atoms with E-state index < -0.39 is 5.54 Å². The molecule has 0 radical (unpaired) electrons. The highest BCUT2D eigenvalue weighted by atomic mass is 16.4. The minimum atomic E-state index is -0.481. The van der Waals surface area contributed by atoms with E-state index in [4.69, 9.17) is 4.42 Å². The maximum absolute atomic E-state index is 13.4. The van der Waals surface area contributed by atoms with Crippen molar-refractivity contribution in [3.8, 4) is 11.1 Å². The van der Waals surface area contributed by atoms with Gasteiger partial charge in [0.1, 0.15) is 11.2 Å². The van der Waals surface area contributed by atoms with Crippen molar-refractivity contribution in [1.82, 2.24) is 24.5 Å². The zero-order valence-corrected chi connectivity index (χ0v) is 18.1. The van der Waals surface area contributed by atoms with Crippen LogP contribution in [0, 0.1) is 13.8 Å². The SMILES string of the molecule is Cc1nnc([C@@]23CCC[C@@H](C2)N3C(=O)Nc2ccc(C)c(-c3cnc4cccn4c3)c2)o1. The number of aromatic nitrogens is 4. The van der Waals surface area contributed by atoms with Crippen LogP contribution in [-0.4, -0.2) is 36.6 Å². The summed E-state index contributed by atoms with van der Waals surface area (Å²) in [5.41, 5.74) is 4.34. The van der Waals surface area contributed by atoms with E-state index >= 15 is 0 Å². The second-order valence-corrected chi connectivity index (χ2v) is 8.85. The second-order valence-electron chi connectivity index (χ2n) is 8.85. The number of rotatable bonds is 3. The lowest BCUT2D eigenvalue weighted by Gasteiger charge is -2.59. The normalized spacial score (nSPS) is 22.1. The molecular formula is C24H24N6O2. The molecule has 1 saturated carbocycles. The van der Waals surface area contributed by atoms with Gasteiger partial charge in [0.05, 0.1) is 0 Å². The third-order valence-corrected chi connectivity index (χ3v) is 6.84. The van der Waals surface area contributed by atoms with E-state index in [2.05, 4.69) is 33.6 Å². The first-order valence-corrected chi connectivity index (χ1v) is 11.0. The largest absolute Gasteiger partial charge is 0.423 e. The Kier molecular flexibility index (Phi) is 4.11. The summed E-state index contributed by atoms with van der Waals surface area (Å²) in [5, 5.41) is 11.4. The Morgan fingerprint density at radius 3 is 2.97 bits per heavy atom. The molecular weight excluding hydrogens is 404 g/mol. The summed E-state index contributed by atoms with van der Waals surface area (Å²) in [5.74, 6) is 1.08. The summed E-state index contributed by atoms with van der Waals surface area (Å²) < 4.78 is 7.76. The van der Waals surface area contributed by atoms with Crippen LogP contribution in [0.15, 0.2) is 53.3 Å². The molecule has 4 heterocycles. The molecule has 162 valence electrons. The van der Waals surface area contributed by atoms with E-state index in [-0.39, 0.29) is 12.1 Å². The van der Waals surface area contributed by atoms with Crippen molar-refractivity contribution in [3.05, 3.63) is 66.3 Å². The molecule has 4 aromatic rings. The maximum atomic E-state index is 13.4. The molecule has 1 N–H and O–H groups in total. The summed E-state index contributed by atoms with van der Waals surface area (Å²) in [6.07, 6.45) is 9.69. The number of likely N-dealkylation sites (tertiary alicyclic amines) is 1. The third-order valence-electron chi connectivity index (χ3n) is 6.84. The van der Waals surface area contributed by atoms with E-state index in [1.54, 1.807) is 6.92 Å². The van der Waals surface area contributed by atoms with Gasteiger partial charge in [0, 0.05) is 49.2 Å². The zero-order valence-electron chi connectivity index (χ0n) is 18.1. The van der Waals surface area contributed by atoms with Gasteiger partial charge in [0.25, 0.3) is 0 Å². The maximum Gasteiger partial charge on any atom is 0.322 e. The molecule has 0 spiro atoms. The number of hydrogen-bond acceptors (Lipinski definition) is 5. The number of benzene rings is 1. The van der Waals surface area contributed by atoms with Crippen molar-refractivity contribution in [1.29, 1.82) is 0 Å². The highest BCUT2D eigenvalue weighted by Crippen LogP contribution is 2.53. The Balaban J connectivity index is 1.29. The van der Waals surface area contributed by atoms with Gasteiger partial charge in [-0.1, -0.05) is 6.07 Å². The minimum Gasteiger partial charge on any atom is -0.423 e. The van der Waals surface area contributed by atoms with Crippen LogP contribution in [0.25, 0.3) is 16.8 Å². The van der Waals surface area contributed by atoms with E-state index in [0.717, 1.165) is 53.7 Å². The minimum absolute atomic E-state index is 0.120. The van der Waals surface area contributed by atoms with E-state index in [1.807, 2.05) is 52.0 Å². The van der Waals surface area contributed by atoms with Crippen LogP contribution in [0.4, 0.5) is 10.5 Å². The molecule has 8 heteroatoms. The standard InChI is InChI=1S/C24H24N6O2/c1-15-7-8-18(11-20(15)17-13-25-21-6-4-10-29(21)14-17)26-23(31)30-19-5-3-9-24(30,12-19)22-28-27-16(2)32-22/h4,6-8,10-11,13-14,19H,3,5,9,12H2,1-2H3,(H,26,31)/t19-,24+/m0/s1. The van der Waals surface area contributed by atoms with Crippen LogP contribution in [0.2, 0.25) is 0 Å². The number of hydrogen-bond donors (Lipinski definition) is 1. The quantitative estimate of drug-likeness (QED) is 0.512. The van der Waals surface area contributed by atoms with Crippen molar-refractivity contribution < 1.29 is 9.21 Å². The first-order valence-electron chi connectivity index (χ1n) is 11.0. The van der Waals surface area contributed by atoms with Crippen LogP contribution in [0.1, 0.15) is 43.0 Å². The van der Waals surface area contributed by atoms with Crippen LogP contribution in [0.3, 0.4) is 0 Å². The van der Waals surface area contributed by atoms with Crippen LogP contribution >= 0.6 is 0 Å². The molecule has 32 heavy (non-hydrogen) atoms. The lowest BCUT2D eigenvalue weighted by Crippen LogP contribution is -2.69. The number of urea groups is 1. The number of anilines is 1. The van der Waals surface area contributed by atoms with Crippen molar-refractivity contribution in [3.63, 3.8) is 0 Å². The monoisotopic (exact) mass is 428 g/mol. The molecule has 1 aliphatic heterocycles. The molecule has 3 aromatic heterocycles.